The van der Waals surface area contributed by atoms with E-state index in [0.29, 0.717) is 16.9 Å². The van der Waals surface area contributed by atoms with Crippen molar-refractivity contribution < 1.29 is 5.11 Å². The van der Waals surface area contributed by atoms with E-state index in [-0.39, 0.29) is 6.61 Å². The second kappa shape index (κ2) is 4.76. The van der Waals surface area contributed by atoms with E-state index in [4.69, 9.17) is 11.6 Å². The molecular formula is C11H16ClNO. The molecule has 0 aliphatic heterocycles. The van der Waals surface area contributed by atoms with Gasteiger partial charge in [-0.1, -0.05) is 32.4 Å². The molecule has 1 aromatic heterocycles. The van der Waals surface area contributed by atoms with Crippen molar-refractivity contribution in [2.75, 3.05) is 0 Å². The van der Waals surface area contributed by atoms with E-state index in [1.807, 2.05) is 0 Å². The number of nitrogens with zero attached hydrogens (tertiary/aromatic N) is 1. The summed E-state index contributed by atoms with van der Waals surface area (Å²) in [5.41, 5.74) is 1.78. The van der Waals surface area contributed by atoms with Crippen LogP contribution >= 0.6 is 11.6 Å². The van der Waals surface area contributed by atoms with Gasteiger partial charge in [0.25, 0.3) is 0 Å². The van der Waals surface area contributed by atoms with Crippen molar-refractivity contribution in [2.45, 2.75) is 33.3 Å². The summed E-state index contributed by atoms with van der Waals surface area (Å²) in [5, 5.41) is 9.75. The highest BCUT2D eigenvalue weighted by molar-refractivity contribution is 6.30. The Morgan fingerprint density at radius 2 is 2.07 bits per heavy atom. The van der Waals surface area contributed by atoms with Gasteiger partial charge in [-0.15, -0.1) is 0 Å². The van der Waals surface area contributed by atoms with Crippen LogP contribution in [0.1, 0.15) is 37.9 Å². The quantitative estimate of drug-likeness (QED) is 0.838. The summed E-state index contributed by atoms with van der Waals surface area (Å²) in [6, 6.07) is 1.78. The molecule has 0 bridgehead atoms. The average molecular weight is 214 g/mol. The van der Waals surface area contributed by atoms with Gasteiger partial charge in [-0.25, -0.2) is 0 Å². The van der Waals surface area contributed by atoms with Crippen LogP contribution in [0, 0.1) is 5.92 Å². The zero-order valence-corrected chi connectivity index (χ0v) is 9.54. The number of halogens is 1. The van der Waals surface area contributed by atoms with E-state index < -0.39 is 0 Å². The van der Waals surface area contributed by atoms with Crippen LogP contribution < -0.4 is 0 Å². The summed E-state index contributed by atoms with van der Waals surface area (Å²) in [7, 11) is 0. The molecule has 0 amide bonds. The molecule has 0 aromatic carbocycles. The minimum absolute atomic E-state index is 0.0000463. The first-order valence-corrected chi connectivity index (χ1v) is 5.19. The first-order chi connectivity index (χ1) is 6.56. The Balaban J connectivity index is 3.07. The van der Waals surface area contributed by atoms with E-state index in [1.54, 1.807) is 12.3 Å². The van der Waals surface area contributed by atoms with Crippen molar-refractivity contribution in [1.29, 1.82) is 0 Å². The van der Waals surface area contributed by atoms with Crippen LogP contribution in [0.4, 0.5) is 0 Å². The SMILES string of the molecule is CC(C)[C@H](C)c1ncc(Cl)cc1CO. The van der Waals surface area contributed by atoms with Crippen LogP contribution in [0.2, 0.25) is 5.02 Å². The first kappa shape index (κ1) is 11.5. The van der Waals surface area contributed by atoms with Crippen LogP contribution in [0.3, 0.4) is 0 Å². The number of aliphatic hydroxyl groups excluding tert-OH is 1. The fraction of sp³-hybridized carbons (Fsp3) is 0.545. The summed E-state index contributed by atoms with van der Waals surface area (Å²) in [6.45, 7) is 6.39. The first-order valence-electron chi connectivity index (χ1n) is 4.81. The molecule has 0 aliphatic carbocycles. The van der Waals surface area contributed by atoms with Gasteiger partial charge in [0.2, 0.25) is 0 Å². The number of pyridine rings is 1. The van der Waals surface area contributed by atoms with Gasteiger partial charge in [0, 0.05) is 23.4 Å². The van der Waals surface area contributed by atoms with Crippen LogP contribution in [0.15, 0.2) is 12.3 Å². The lowest BCUT2D eigenvalue weighted by molar-refractivity contribution is 0.278. The Morgan fingerprint density at radius 3 is 2.57 bits per heavy atom. The molecule has 1 rings (SSSR count). The molecule has 1 atom stereocenters. The predicted molar refractivity (Wildman–Crippen MR) is 58.4 cm³/mol. The molecule has 0 aliphatic rings. The van der Waals surface area contributed by atoms with Crippen molar-refractivity contribution in [3.8, 4) is 0 Å². The number of aromatic nitrogens is 1. The molecule has 1 heterocycles. The third kappa shape index (κ3) is 2.46. The van der Waals surface area contributed by atoms with Gasteiger partial charge < -0.3 is 5.11 Å². The van der Waals surface area contributed by atoms with E-state index in [9.17, 15) is 5.11 Å². The Morgan fingerprint density at radius 1 is 1.43 bits per heavy atom. The second-order valence-electron chi connectivity index (χ2n) is 3.89. The summed E-state index contributed by atoms with van der Waals surface area (Å²) < 4.78 is 0. The van der Waals surface area contributed by atoms with Crippen LogP contribution in [0.25, 0.3) is 0 Å². The van der Waals surface area contributed by atoms with Crippen LogP contribution in [0.5, 0.6) is 0 Å². The van der Waals surface area contributed by atoms with Crippen molar-refractivity contribution in [1.82, 2.24) is 4.98 Å². The molecule has 0 unspecified atom stereocenters. The van der Waals surface area contributed by atoms with Gasteiger partial charge in [0.05, 0.1) is 11.6 Å². The highest BCUT2D eigenvalue weighted by atomic mass is 35.5. The molecule has 0 spiro atoms. The van der Waals surface area contributed by atoms with Gasteiger partial charge >= 0.3 is 0 Å². The van der Waals surface area contributed by atoms with Crippen molar-refractivity contribution in [3.05, 3.63) is 28.5 Å². The molecular weight excluding hydrogens is 198 g/mol. The standard InChI is InChI=1S/C11H16ClNO/c1-7(2)8(3)11-9(6-14)4-10(12)5-13-11/h4-5,7-8,14H,6H2,1-3H3/t8-/m0/s1. The Bertz CT molecular complexity index is 312. The fourth-order valence-electron chi connectivity index (χ4n) is 1.34. The van der Waals surface area contributed by atoms with E-state index >= 15 is 0 Å². The normalized spacial score (nSPS) is 13.3. The Kier molecular flexibility index (Phi) is 3.90. The molecule has 1 aromatic rings. The van der Waals surface area contributed by atoms with Gasteiger partial charge in [-0.05, 0) is 12.0 Å². The predicted octanol–water partition coefficient (Wildman–Crippen LogP) is 2.99. The summed E-state index contributed by atoms with van der Waals surface area (Å²) in [6.07, 6.45) is 1.63. The lowest BCUT2D eigenvalue weighted by Gasteiger charge is -2.17. The summed E-state index contributed by atoms with van der Waals surface area (Å²) in [4.78, 5) is 4.28. The number of aliphatic hydroxyl groups is 1. The molecule has 0 radical (unpaired) electrons. The van der Waals surface area contributed by atoms with Crippen molar-refractivity contribution in [3.63, 3.8) is 0 Å². The van der Waals surface area contributed by atoms with Gasteiger partial charge in [0.15, 0.2) is 0 Å². The topological polar surface area (TPSA) is 33.1 Å². The maximum Gasteiger partial charge on any atom is 0.0700 e. The van der Waals surface area contributed by atoms with Gasteiger partial charge in [-0.3, -0.25) is 4.98 Å². The highest BCUT2D eigenvalue weighted by Gasteiger charge is 2.15. The Hall–Kier alpha value is -0.600. The number of hydrogen-bond acceptors (Lipinski definition) is 2. The number of hydrogen-bond donors (Lipinski definition) is 1. The van der Waals surface area contributed by atoms with Crippen molar-refractivity contribution in [2.24, 2.45) is 5.92 Å². The zero-order chi connectivity index (χ0) is 10.7. The molecule has 14 heavy (non-hydrogen) atoms. The Labute approximate surface area is 89.9 Å². The summed E-state index contributed by atoms with van der Waals surface area (Å²) in [5.74, 6) is 0.850. The molecule has 1 N–H and O–H groups in total. The average Bonchev–Trinajstić information content (AvgIpc) is 2.16. The monoisotopic (exact) mass is 213 g/mol. The van der Waals surface area contributed by atoms with Gasteiger partial charge in [0.1, 0.15) is 0 Å². The largest absolute Gasteiger partial charge is 0.392 e. The molecule has 0 saturated carbocycles. The lowest BCUT2D eigenvalue weighted by Crippen LogP contribution is -2.08. The van der Waals surface area contributed by atoms with E-state index in [2.05, 4.69) is 25.8 Å². The highest BCUT2D eigenvalue weighted by Crippen LogP contribution is 2.26. The lowest BCUT2D eigenvalue weighted by atomic mass is 9.91. The molecule has 78 valence electrons. The maximum atomic E-state index is 9.17. The zero-order valence-electron chi connectivity index (χ0n) is 8.79. The number of rotatable bonds is 3. The summed E-state index contributed by atoms with van der Waals surface area (Å²) >= 11 is 5.81. The van der Waals surface area contributed by atoms with E-state index in [1.165, 1.54) is 0 Å². The minimum Gasteiger partial charge on any atom is -0.392 e. The molecule has 2 nitrogen and oxygen atoms in total. The fourth-order valence-corrected chi connectivity index (χ4v) is 1.52. The second-order valence-corrected chi connectivity index (χ2v) is 4.33. The van der Waals surface area contributed by atoms with Crippen LogP contribution in [-0.2, 0) is 6.61 Å². The van der Waals surface area contributed by atoms with E-state index in [0.717, 1.165) is 11.3 Å². The molecule has 0 saturated heterocycles. The van der Waals surface area contributed by atoms with Crippen LogP contribution in [-0.4, -0.2) is 10.1 Å². The van der Waals surface area contributed by atoms with Gasteiger partial charge in [-0.2, -0.15) is 0 Å². The molecule has 3 heteroatoms. The minimum atomic E-state index is -0.0000463. The third-order valence-electron chi connectivity index (χ3n) is 2.57. The third-order valence-corrected chi connectivity index (χ3v) is 2.78. The maximum absolute atomic E-state index is 9.17. The van der Waals surface area contributed by atoms with Crippen molar-refractivity contribution >= 4 is 11.6 Å². The molecule has 0 fully saturated rings. The smallest absolute Gasteiger partial charge is 0.0700 e.